The molecule has 0 saturated heterocycles. The lowest BCUT2D eigenvalue weighted by Gasteiger charge is -2.14. The second-order valence-electron chi connectivity index (χ2n) is 4.29. The average Bonchev–Trinajstić information content (AvgIpc) is 2.36. The Morgan fingerprint density at radius 2 is 1.71 bits per heavy atom. The van der Waals surface area contributed by atoms with Crippen molar-refractivity contribution in [3.05, 3.63) is 23.8 Å². The standard InChI is InChI=1S/C14H23NO2/c1-5-6-11(2)15-10-12-7-13(16-3)9-14(8-12)17-4/h7-9,11,15H,5-6,10H2,1-4H3. The first-order valence-corrected chi connectivity index (χ1v) is 6.15. The Kier molecular flexibility index (Phi) is 5.84. The highest BCUT2D eigenvalue weighted by Crippen LogP contribution is 2.22. The molecule has 1 rings (SSSR count). The van der Waals surface area contributed by atoms with Gasteiger partial charge in [-0.05, 0) is 31.0 Å². The van der Waals surface area contributed by atoms with Crippen LogP contribution in [0.2, 0.25) is 0 Å². The van der Waals surface area contributed by atoms with Gasteiger partial charge < -0.3 is 14.8 Å². The topological polar surface area (TPSA) is 30.5 Å². The maximum atomic E-state index is 5.24. The van der Waals surface area contributed by atoms with E-state index in [0.717, 1.165) is 18.0 Å². The van der Waals surface area contributed by atoms with Gasteiger partial charge in [0.05, 0.1) is 14.2 Å². The molecule has 3 nitrogen and oxygen atoms in total. The Balaban J connectivity index is 2.63. The molecule has 96 valence electrons. The number of hydrogen-bond acceptors (Lipinski definition) is 3. The van der Waals surface area contributed by atoms with Crippen molar-refractivity contribution in [3.63, 3.8) is 0 Å². The molecule has 1 atom stereocenters. The minimum atomic E-state index is 0.539. The lowest BCUT2D eigenvalue weighted by molar-refractivity contribution is 0.392. The molecule has 1 aromatic carbocycles. The van der Waals surface area contributed by atoms with Gasteiger partial charge in [0.25, 0.3) is 0 Å². The van der Waals surface area contributed by atoms with Crippen LogP contribution in [0.25, 0.3) is 0 Å². The summed E-state index contributed by atoms with van der Waals surface area (Å²) in [6.07, 6.45) is 2.40. The molecule has 0 saturated carbocycles. The quantitative estimate of drug-likeness (QED) is 0.791. The van der Waals surface area contributed by atoms with Crippen LogP contribution < -0.4 is 14.8 Å². The highest BCUT2D eigenvalue weighted by molar-refractivity contribution is 5.38. The Bertz CT molecular complexity index is 317. The minimum Gasteiger partial charge on any atom is -0.497 e. The number of methoxy groups -OCH3 is 2. The van der Waals surface area contributed by atoms with Crippen molar-refractivity contribution >= 4 is 0 Å². The number of rotatable bonds is 7. The summed E-state index contributed by atoms with van der Waals surface area (Å²) in [5, 5.41) is 3.49. The van der Waals surface area contributed by atoms with E-state index in [2.05, 4.69) is 19.2 Å². The van der Waals surface area contributed by atoms with Crippen molar-refractivity contribution in [2.75, 3.05) is 14.2 Å². The molecule has 0 radical (unpaired) electrons. The van der Waals surface area contributed by atoms with E-state index in [-0.39, 0.29) is 0 Å². The summed E-state index contributed by atoms with van der Waals surface area (Å²) >= 11 is 0. The van der Waals surface area contributed by atoms with Crippen LogP contribution in [-0.4, -0.2) is 20.3 Å². The molecular weight excluding hydrogens is 214 g/mol. The van der Waals surface area contributed by atoms with Crippen molar-refractivity contribution in [2.45, 2.75) is 39.3 Å². The fourth-order valence-corrected chi connectivity index (χ4v) is 1.80. The molecule has 0 aliphatic rings. The van der Waals surface area contributed by atoms with Crippen molar-refractivity contribution in [2.24, 2.45) is 0 Å². The van der Waals surface area contributed by atoms with Crippen LogP contribution in [0, 0.1) is 0 Å². The fourth-order valence-electron chi connectivity index (χ4n) is 1.80. The first-order valence-electron chi connectivity index (χ1n) is 6.15. The van der Waals surface area contributed by atoms with E-state index in [1.54, 1.807) is 14.2 Å². The monoisotopic (exact) mass is 237 g/mol. The molecule has 0 aliphatic heterocycles. The summed E-state index contributed by atoms with van der Waals surface area (Å²) in [5.74, 6) is 1.67. The molecule has 3 heteroatoms. The third kappa shape index (κ3) is 4.65. The molecule has 0 spiro atoms. The van der Waals surface area contributed by atoms with Crippen LogP contribution in [0.5, 0.6) is 11.5 Å². The first-order chi connectivity index (χ1) is 8.19. The molecule has 0 aromatic heterocycles. The second kappa shape index (κ2) is 7.17. The average molecular weight is 237 g/mol. The molecule has 1 unspecified atom stereocenters. The predicted octanol–water partition coefficient (Wildman–Crippen LogP) is 2.98. The van der Waals surface area contributed by atoms with Crippen molar-refractivity contribution in [1.82, 2.24) is 5.32 Å². The van der Waals surface area contributed by atoms with E-state index in [1.807, 2.05) is 18.2 Å². The third-order valence-electron chi connectivity index (χ3n) is 2.79. The van der Waals surface area contributed by atoms with Crippen LogP contribution in [0.3, 0.4) is 0 Å². The van der Waals surface area contributed by atoms with Gasteiger partial charge in [0.15, 0.2) is 0 Å². The van der Waals surface area contributed by atoms with Crippen LogP contribution in [0.1, 0.15) is 32.3 Å². The zero-order valence-electron chi connectivity index (χ0n) is 11.2. The van der Waals surface area contributed by atoms with Gasteiger partial charge in [0.1, 0.15) is 11.5 Å². The summed E-state index contributed by atoms with van der Waals surface area (Å²) in [6, 6.07) is 6.50. The fraction of sp³-hybridized carbons (Fsp3) is 0.571. The second-order valence-corrected chi connectivity index (χ2v) is 4.29. The molecule has 0 amide bonds. The number of hydrogen-bond donors (Lipinski definition) is 1. The lowest BCUT2D eigenvalue weighted by Crippen LogP contribution is -2.25. The summed E-state index contributed by atoms with van der Waals surface area (Å²) in [7, 11) is 3.34. The molecule has 17 heavy (non-hydrogen) atoms. The van der Waals surface area contributed by atoms with E-state index in [0.29, 0.717) is 6.04 Å². The predicted molar refractivity (Wildman–Crippen MR) is 70.8 cm³/mol. The normalized spacial score (nSPS) is 12.2. The maximum Gasteiger partial charge on any atom is 0.122 e. The molecule has 0 bridgehead atoms. The summed E-state index contributed by atoms with van der Waals surface area (Å²) in [5.41, 5.74) is 1.18. The Hall–Kier alpha value is -1.22. The van der Waals surface area contributed by atoms with Crippen LogP contribution in [0.15, 0.2) is 18.2 Å². The minimum absolute atomic E-state index is 0.539. The number of nitrogens with one attached hydrogen (secondary N) is 1. The molecule has 0 aliphatic carbocycles. The Labute approximate surface area is 104 Å². The zero-order valence-corrected chi connectivity index (χ0v) is 11.2. The summed E-state index contributed by atoms with van der Waals surface area (Å²) < 4.78 is 10.5. The molecule has 1 N–H and O–H groups in total. The van der Waals surface area contributed by atoms with E-state index < -0.39 is 0 Å². The highest BCUT2D eigenvalue weighted by Gasteiger charge is 2.04. The maximum absolute atomic E-state index is 5.24. The Morgan fingerprint density at radius 3 is 2.18 bits per heavy atom. The van der Waals surface area contributed by atoms with Gasteiger partial charge in [-0.2, -0.15) is 0 Å². The van der Waals surface area contributed by atoms with Gasteiger partial charge in [-0.25, -0.2) is 0 Å². The SMILES string of the molecule is CCCC(C)NCc1cc(OC)cc(OC)c1. The van der Waals surface area contributed by atoms with Crippen LogP contribution in [0.4, 0.5) is 0 Å². The van der Waals surface area contributed by atoms with Gasteiger partial charge in [-0.15, -0.1) is 0 Å². The lowest BCUT2D eigenvalue weighted by atomic mass is 10.1. The van der Waals surface area contributed by atoms with E-state index in [9.17, 15) is 0 Å². The summed E-state index contributed by atoms with van der Waals surface area (Å²) in [4.78, 5) is 0. The van der Waals surface area contributed by atoms with E-state index >= 15 is 0 Å². The van der Waals surface area contributed by atoms with E-state index in [4.69, 9.17) is 9.47 Å². The van der Waals surface area contributed by atoms with E-state index in [1.165, 1.54) is 18.4 Å². The van der Waals surface area contributed by atoms with Crippen molar-refractivity contribution in [1.29, 1.82) is 0 Å². The van der Waals surface area contributed by atoms with Gasteiger partial charge in [0.2, 0.25) is 0 Å². The van der Waals surface area contributed by atoms with Gasteiger partial charge in [-0.3, -0.25) is 0 Å². The van der Waals surface area contributed by atoms with Crippen molar-refractivity contribution < 1.29 is 9.47 Å². The van der Waals surface area contributed by atoms with Crippen molar-refractivity contribution in [3.8, 4) is 11.5 Å². The van der Waals surface area contributed by atoms with Crippen LogP contribution in [-0.2, 0) is 6.54 Å². The molecule has 1 aromatic rings. The molecular formula is C14H23NO2. The largest absolute Gasteiger partial charge is 0.497 e. The van der Waals surface area contributed by atoms with Gasteiger partial charge in [0, 0.05) is 18.7 Å². The number of ether oxygens (including phenoxy) is 2. The zero-order chi connectivity index (χ0) is 12.7. The van der Waals surface area contributed by atoms with Gasteiger partial charge >= 0.3 is 0 Å². The highest BCUT2D eigenvalue weighted by atomic mass is 16.5. The smallest absolute Gasteiger partial charge is 0.122 e. The van der Waals surface area contributed by atoms with Gasteiger partial charge in [-0.1, -0.05) is 13.3 Å². The third-order valence-corrected chi connectivity index (χ3v) is 2.79. The van der Waals surface area contributed by atoms with Crippen LogP contribution >= 0.6 is 0 Å². The summed E-state index contributed by atoms with van der Waals surface area (Å²) in [6.45, 7) is 5.25. The number of benzene rings is 1. The Morgan fingerprint density at radius 1 is 1.12 bits per heavy atom. The molecule has 0 heterocycles. The molecule has 0 fully saturated rings. The first kappa shape index (κ1) is 13.8.